The molecule has 0 aromatic heterocycles. The lowest BCUT2D eigenvalue weighted by Crippen LogP contribution is -2.43. The summed E-state index contributed by atoms with van der Waals surface area (Å²) < 4.78 is 21.6. The SMILES string of the molecule is COc1ccc(OC)c(C=C2Oc3cc(OCC(=O)NC(CCC(=O)O)C(=O)O)ccc3C2=O)c1. The lowest BCUT2D eigenvalue weighted by atomic mass is 10.1. The van der Waals surface area contributed by atoms with Gasteiger partial charge in [0.25, 0.3) is 5.91 Å². The third-order valence-electron chi connectivity index (χ3n) is 5.01. The molecule has 0 bridgehead atoms. The highest BCUT2D eigenvalue weighted by molar-refractivity contribution is 6.14. The van der Waals surface area contributed by atoms with Crippen LogP contribution in [0.15, 0.2) is 42.2 Å². The Hall–Kier alpha value is -4.54. The molecule has 3 N–H and O–H groups in total. The average molecular weight is 485 g/mol. The van der Waals surface area contributed by atoms with Crippen molar-refractivity contribution in [1.82, 2.24) is 5.32 Å². The highest BCUT2D eigenvalue weighted by atomic mass is 16.5. The van der Waals surface area contributed by atoms with E-state index >= 15 is 0 Å². The first-order valence-electron chi connectivity index (χ1n) is 10.4. The highest BCUT2D eigenvalue weighted by Gasteiger charge is 2.28. The molecule has 0 fully saturated rings. The normalized spacial score (nSPS) is 14.0. The Morgan fingerprint density at radius 2 is 1.80 bits per heavy atom. The molecule has 35 heavy (non-hydrogen) atoms. The van der Waals surface area contributed by atoms with Gasteiger partial charge in [0.1, 0.15) is 29.0 Å². The molecule has 184 valence electrons. The number of nitrogens with one attached hydrogen (secondary N) is 1. The molecule has 2 aromatic carbocycles. The van der Waals surface area contributed by atoms with Gasteiger partial charge >= 0.3 is 11.9 Å². The Morgan fingerprint density at radius 3 is 2.46 bits per heavy atom. The number of benzene rings is 2. The Labute approximate surface area is 199 Å². The maximum absolute atomic E-state index is 12.8. The van der Waals surface area contributed by atoms with Crippen LogP contribution >= 0.6 is 0 Å². The number of ether oxygens (including phenoxy) is 4. The first-order valence-corrected chi connectivity index (χ1v) is 10.4. The summed E-state index contributed by atoms with van der Waals surface area (Å²) in [6.07, 6.45) is 0.852. The number of carboxylic acid groups (broad SMARTS) is 2. The minimum absolute atomic E-state index is 0.0594. The molecular formula is C24H23NO10. The summed E-state index contributed by atoms with van der Waals surface area (Å²) in [5.74, 6) is -2.03. The van der Waals surface area contributed by atoms with Gasteiger partial charge in [-0.2, -0.15) is 0 Å². The second-order valence-electron chi connectivity index (χ2n) is 7.39. The van der Waals surface area contributed by atoms with Crippen LogP contribution in [0.25, 0.3) is 6.08 Å². The molecule has 3 rings (SSSR count). The monoisotopic (exact) mass is 485 g/mol. The van der Waals surface area contributed by atoms with Gasteiger partial charge in [0.2, 0.25) is 5.78 Å². The highest BCUT2D eigenvalue weighted by Crippen LogP contribution is 2.36. The molecule has 1 amide bonds. The van der Waals surface area contributed by atoms with Crippen molar-refractivity contribution in [3.05, 3.63) is 53.3 Å². The van der Waals surface area contributed by atoms with Gasteiger partial charge in [-0.25, -0.2) is 4.79 Å². The summed E-state index contributed by atoms with van der Waals surface area (Å²) in [6.45, 7) is -0.521. The Kier molecular flexibility index (Phi) is 7.92. The molecule has 0 radical (unpaired) electrons. The molecule has 1 atom stereocenters. The largest absolute Gasteiger partial charge is 0.497 e. The van der Waals surface area contributed by atoms with E-state index in [4.69, 9.17) is 29.2 Å². The van der Waals surface area contributed by atoms with E-state index in [1.165, 1.54) is 38.5 Å². The fourth-order valence-corrected chi connectivity index (χ4v) is 3.26. The molecule has 11 nitrogen and oxygen atoms in total. The van der Waals surface area contributed by atoms with E-state index < -0.39 is 36.9 Å². The zero-order valence-corrected chi connectivity index (χ0v) is 18.9. The topological polar surface area (TPSA) is 158 Å². The van der Waals surface area contributed by atoms with Crippen molar-refractivity contribution in [3.63, 3.8) is 0 Å². The number of hydrogen-bond donors (Lipinski definition) is 3. The number of amides is 1. The molecule has 0 saturated heterocycles. The van der Waals surface area contributed by atoms with E-state index in [0.717, 1.165) is 0 Å². The summed E-state index contributed by atoms with van der Waals surface area (Å²) in [5.41, 5.74) is 0.876. The van der Waals surface area contributed by atoms with Crippen LogP contribution in [0.3, 0.4) is 0 Å². The summed E-state index contributed by atoms with van der Waals surface area (Å²) in [5, 5.41) is 20.0. The predicted octanol–water partition coefficient (Wildman–Crippen LogP) is 2.13. The van der Waals surface area contributed by atoms with Crippen LogP contribution in [0, 0.1) is 0 Å². The number of methoxy groups -OCH3 is 2. The number of carbonyl (C=O) groups excluding carboxylic acids is 2. The van der Waals surface area contributed by atoms with Crippen LogP contribution in [0.1, 0.15) is 28.8 Å². The molecule has 1 heterocycles. The van der Waals surface area contributed by atoms with Crippen molar-refractivity contribution in [2.75, 3.05) is 20.8 Å². The molecule has 11 heteroatoms. The van der Waals surface area contributed by atoms with Crippen molar-refractivity contribution in [2.24, 2.45) is 0 Å². The van der Waals surface area contributed by atoms with Gasteiger partial charge in [-0.15, -0.1) is 0 Å². The third kappa shape index (κ3) is 6.28. The van der Waals surface area contributed by atoms with Gasteiger partial charge in [-0.05, 0) is 42.8 Å². The number of hydrogen-bond acceptors (Lipinski definition) is 8. The lowest BCUT2D eigenvalue weighted by molar-refractivity contribution is -0.143. The minimum Gasteiger partial charge on any atom is -0.497 e. The van der Waals surface area contributed by atoms with E-state index in [2.05, 4.69) is 5.32 Å². The summed E-state index contributed by atoms with van der Waals surface area (Å²) in [7, 11) is 3.02. The third-order valence-corrected chi connectivity index (χ3v) is 5.01. The van der Waals surface area contributed by atoms with E-state index in [9.17, 15) is 19.2 Å². The number of rotatable bonds is 11. The van der Waals surface area contributed by atoms with Crippen molar-refractivity contribution < 1.29 is 48.3 Å². The molecule has 1 aliphatic heterocycles. The van der Waals surface area contributed by atoms with Crippen LogP contribution < -0.4 is 24.3 Å². The van der Waals surface area contributed by atoms with Gasteiger partial charge < -0.3 is 34.5 Å². The van der Waals surface area contributed by atoms with E-state index in [1.54, 1.807) is 18.2 Å². The van der Waals surface area contributed by atoms with Gasteiger partial charge in [0.05, 0.1) is 19.8 Å². The number of fused-ring (bicyclic) bond motifs is 1. The van der Waals surface area contributed by atoms with Crippen LogP contribution in [-0.2, 0) is 14.4 Å². The zero-order valence-electron chi connectivity index (χ0n) is 18.9. The first-order chi connectivity index (χ1) is 16.7. The number of aliphatic carboxylic acids is 2. The smallest absolute Gasteiger partial charge is 0.326 e. The number of allylic oxidation sites excluding steroid dienone is 1. The maximum atomic E-state index is 12.8. The second-order valence-corrected chi connectivity index (χ2v) is 7.39. The molecule has 0 aliphatic carbocycles. The molecular weight excluding hydrogens is 462 g/mol. The average Bonchev–Trinajstić information content (AvgIpc) is 3.14. The van der Waals surface area contributed by atoms with Crippen molar-refractivity contribution in [2.45, 2.75) is 18.9 Å². The fourth-order valence-electron chi connectivity index (χ4n) is 3.26. The van der Waals surface area contributed by atoms with Crippen molar-refractivity contribution in [3.8, 4) is 23.0 Å². The fraction of sp³-hybridized carbons (Fsp3) is 0.250. The molecule has 0 saturated carbocycles. The van der Waals surface area contributed by atoms with Crippen molar-refractivity contribution >= 4 is 29.7 Å². The predicted molar refractivity (Wildman–Crippen MR) is 121 cm³/mol. The van der Waals surface area contributed by atoms with Crippen molar-refractivity contribution in [1.29, 1.82) is 0 Å². The van der Waals surface area contributed by atoms with Crippen LogP contribution in [0.5, 0.6) is 23.0 Å². The Morgan fingerprint density at radius 1 is 1.06 bits per heavy atom. The molecule has 0 spiro atoms. The molecule has 1 unspecified atom stereocenters. The van der Waals surface area contributed by atoms with Gasteiger partial charge in [-0.1, -0.05) is 0 Å². The zero-order chi connectivity index (χ0) is 25.5. The van der Waals surface area contributed by atoms with Crippen LogP contribution in [-0.4, -0.2) is 60.7 Å². The van der Waals surface area contributed by atoms with Gasteiger partial charge in [0, 0.05) is 18.1 Å². The van der Waals surface area contributed by atoms with Crippen LogP contribution in [0.2, 0.25) is 0 Å². The Bertz CT molecular complexity index is 1190. The quantitative estimate of drug-likeness (QED) is 0.403. The number of carbonyl (C=O) groups is 4. The summed E-state index contributed by atoms with van der Waals surface area (Å²) in [6, 6.07) is 8.15. The van der Waals surface area contributed by atoms with E-state index in [0.29, 0.717) is 22.6 Å². The summed E-state index contributed by atoms with van der Waals surface area (Å²) >= 11 is 0. The van der Waals surface area contributed by atoms with Crippen LogP contribution in [0.4, 0.5) is 0 Å². The first kappa shape index (κ1) is 25.1. The lowest BCUT2D eigenvalue weighted by Gasteiger charge is -2.14. The molecule has 2 aromatic rings. The number of Topliss-reactive ketones (excluding diaryl/α,β-unsaturated/α-hetero) is 1. The standard InChI is InChI=1S/C24H23NO10/c1-32-14-4-7-18(33-2)13(9-14)10-20-23(29)16-5-3-15(11-19(16)35-20)34-12-21(26)25-17(24(30)31)6-8-22(27)28/h3-5,7,9-11,17H,6,8,12H2,1-2H3,(H,25,26)(H,27,28)(H,30,31). The Balaban J connectivity index is 1.67. The maximum Gasteiger partial charge on any atom is 0.326 e. The van der Waals surface area contributed by atoms with Gasteiger partial charge in [0.15, 0.2) is 12.4 Å². The number of carboxylic acids is 2. The summed E-state index contributed by atoms with van der Waals surface area (Å²) in [4.78, 5) is 46.7. The number of ketones is 1. The second kappa shape index (κ2) is 11.1. The van der Waals surface area contributed by atoms with Gasteiger partial charge in [-0.3, -0.25) is 14.4 Å². The van der Waals surface area contributed by atoms with E-state index in [1.807, 2.05) is 0 Å². The van der Waals surface area contributed by atoms with E-state index in [-0.39, 0.29) is 29.5 Å². The minimum atomic E-state index is -1.36. The molecule has 1 aliphatic rings.